The number of nitrogens with one attached hydrogen (secondary N) is 1. The molecule has 1 nitrogen and oxygen atoms in total. The third-order valence-corrected chi connectivity index (χ3v) is 6.08. The van der Waals surface area contributed by atoms with E-state index >= 15 is 0 Å². The maximum absolute atomic E-state index is 3.88. The van der Waals surface area contributed by atoms with Crippen molar-refractivity contribution in [2.24, 2.45) is 5.92 Å². The molecule has 1 N–H and O–H groups in total. The van der Waals surface area contributed by atoms with Crippen molar-refractivity contribution >= 4 is 22.7 Å². The van der Waals surface area contributed by atoms with Crippen molar-refractivity contribution in [1.82, 2.24) is 5.32 Å². The molecular weight excluding hydrogens is 270 g/mol. The quantitative estimate of drug-likeness (QED) is 0.800. The van der Waals surface area contributed by atoms with Crippen molar-refractivity contribution in [3.63, 3.8) is 0 Å². The maximum Gasteiger partial charge on any atom is 0.0465 e. The minimum Gasteiger partial charge on any atom is -0.306 e. The molecule has 0 amide bonds. The lowest BCUT2D eigenvalue weighted by Crippen LogP contribution is -2.39. The van der Waals surface area contributed by atoms with Gasteiger partial charge in [0, 0.05) is 28.3 Å². The van der Waals surface area contributed by atoms with Crippen molar-refractivity contribution in [2.45, 2.75) is 44.7 Å². The summed E-state index contributed by atoms with van der Waals surface area (Å²) in [6.07, 6.45) is 5.36. The molecular formula is C16H21NS2. The number of thiophene rings is 2. The summed E-state index contributed by atoms with van der Waals surface area (Å²) < 4.78 is 0. The monoisotopic (exact) mass is 291 g/mol. The van der Waals surface area contributed by atoms with Crippen LogP contribution < -0.4 is 5.32 Å². The van der Waals surface area contributed by atoms with Crippen LogP contribution in [0.4, 0.5) is 0 Å². The van der Waals surface area contributed by atoms with Gasteiger partial charge in [0.1, 0.15) is 0 Å². The van der Waals surface area contributed by atoms with Crippen LogP contribution in [-0.4, -0.2) is 6.04 Å². The molecule has 19 heavy (non-hydrogen) atoms. The van der Waals surface area contributed by atoms with Crippen molar-refractivity contribution in [2.75, 3.05) is 0 Å². The van der Waals surface area contributed by atoms with E-state index in [-0.39, 0.29) is 0 Å². The van der Waals surface area contributed by atoms with Gasteiger partial charge in [0.05, 0.1) is 0 Å². The summed E-state index contributed by atoms with van der Waals surface area (Å²) in [7, 11) is 0. The van der Waals surface area contributed by atoms with Crippen molar-refractivity contribution < 1.29 is 0 Å². The SMILES string of the molecule is CC(NC(Cc1cccs1)c1cccs1)C1CCC1. The van der Waals surface area contributed by atoms with E-state index in [2.05, 4.69) is 47.3 Å². The number of hydrogen-bond acceptors (Lipinski definition) is 3. The van der Waals surface area contributed by atoms with Crippen LogP contribution in [0.25, 0.3) is 0 Å². The van der Waals surface area contributed by atoms with E-state index in [1.54, 1.807) is 0 Å². The lowest BCUT2D eigenvalue weighted by molar-refractivity contribution is 0.227. The molecule has 2 atom stereocenters. The van der Waals surface area contributed by atoms with Crippen LogP contribution in [0.1, 0.15) is 42.0 Å². The van der Waals surface area contributed by atoms with E-state index in [1.165, 1.54) is 29.0 Å². The van der Waals surface area contributed by atoms with Crippen molar-refractivity contribution in [1.29, 1.82) is 0 Å². The summed E-state index contributed by atoms with van der Waals surface area (Å²) >= 11 is 3.74. The Bertz CT molecular complexity index is 471. The first-order valence-corrected chi connectivity index (χ1v) is 8.90. The van der Waals surface area contributed by atoms with Crippen LogP contribution in [0, 0.1) is 5.92 Å². The highest BCUT2D eigenvalue weighted by molar-refractivity contribution is 7.10. The van der Waals surface area contributed by atoms with Gasteiger partial charge in [0.25, 0.3) is 0 Å². The Balaban J connectivity index is 1.68. The first-order valence-electron chi connectivity index (χ1n) is 7.15. The fourth-order valence-electron chi connectivity index (χ4n) is 2.75. The minimum atomic E-state index is 0.481. The molecule has 2 aromatic heterocycles. The third kappa shape index (κ3) is 3.28. The fraction of sp³-hybridized carbons (Fsp3) is 0.500. The smallest absolute Gasteiger partial charge is 0.0465 e. The van der Waals surface area contributed by atoms with E-state index in [4.69, 9.17) is 0 Å². The molecule has 2 aromatic rings. The minimum absolute atomic E-state index is 0.481. The molecule has 1 saturated carbocycles. The predicted octanol–water partition coefficient (Wildman–Crippen LogP) is 4.87. The number of hydrogen-bond donors (Lipinski definition) is 1. The van der Waals surface area contributed by atoms with E-state index in [0.29, 0.717) is 12.1 Å². The van der Waals surface area contributed by atoms with Gasteiger partial charge >= 0.3 is 0 Å². The molecule has 0 spiro atoms. The molecule has 3 rings (SSSR count). The van der Waals surface area contributed by atoms with Gasteiger partial charge in [-0.2, -0.15) is 0 Å². The summed E-state index contributed by atoms with van der Waals surface area (Å²) in [6, 6.07) is 9.96. The van der Waals surface area contributed by atoms with E-state index in [1.807, 2.05) is 22.7 Å². The maximum atomic E-state index is 3.88. The molecule has 0 bridgehead atoms. The zero-order valence-corrected chi connectivity index (χ0v) is 13.0. The Hall–Kier alpha value is -0.640. The Morgan fingerprint density at radius 3 is 2.58 bits per heavy atom. The standard InChI is InChI=1S/C16H21NS2/c1-12(13-5-2-6-13)17-15(16-8-4-10-19-16)11-14-7-3-9-18-14/h3-4,7-10,12-13,15,17H,2,5-6,11H2,1H3. The molecule has 2 unspecified atom stereocenters. The lowest BCUT2D eigenvalue weighted by atomic mass is 9.80. The molecule has 102 valence electrons. The molecule has 1 aliphatic carbocycles. The summed E-state index contributed by atoms with van der Waals surface area (Å²) in [6.45, 7) is 2.36. The second-order valence-corrected chi connectivity index (χ2v) is 7.51. The highest BCUT2D eigenvalue weighted by Crippen LogP contribution is 2.32. The normalized spacial score (nSPS) is 19.0. The van der Waals surface area contributed by atoms with Gasteiger partial charge < -0.3 is 5.32 Å². The zero-order valence-electron chi connectivity index (χ0n) is 11.3. The van der Waals surface area contributed by atoms with Gasteiger partial charge in [-0.15, -0.1) is 22.7 Å². The van der Waals surface area contributed by atoms with E-state index in [9.17, 15) is 0 Å². The first kappa shape index (κ1) is 13.3. The highest BCUT2D eigenvalue weighted by atomic mass is 32.1. The van der Waals surface area contributed by atoms with Gasteiger partial charge in [-0.05, 0) is 48.6 Å². The lowest BCUT2D eigenvalue weighted by Gasteiger charge is -2.34. The Kier molecular flexibility index (Phi) is 4.36. The van der Waals surface area contributed by atoms with Crippen LogP contribution in [0.3, 0.4) is 0 Å². The third-order valence-electron chi connectivity index (χ3n) is 4.19. The van der Waals surface area contributed by atoms with E-state index in [0.717, 1.165) is 12.3 Å². The van der Waals surface area contributed by atoms with Gasteiger partial charge in [-0.3, -0.25) is 0 Å². The second kappa shape index (κ2) is 6.21. The van der Waals surface area contributed by atoms with Crippen LogP contribution in [-0.2, 0) is 6.42 Å². The summed E-state index contributed by atoms with van der Waals surface area (Å²) in [5, 5.41) is 8.24. The average molecular weight is 291 g/mol. The Morgan fingerprint density at radius 2 is 2.00 bits per heavy atom. The summed E-state index contributed by atoms with van der Waals surface area (Å²) in [5.74, 6) is 0.894. The van der Waals surface area contributed by atoms with Gasteiger partial charge in [0.15, 0.2) is 0 Å². The molecule has 0 saturated heterocycles. The zero-order chi connectivity index (χ0) is 13.1. The fourth-order valence-corrected chi connectivity index (χ4v) is 4.29. The van der Waals surface area contributed by atoms with Crippen molar-refractivity contribution in [3.05, 3.63) is 44.8 Å². The Morgan fingerprint density at radius 1 is 1.21 bits per heavy atom. The van der Waals surface area contributed by atoms with Crippen LogP contribution in [0.15, 0.2) is 35.0 Å². The highest BCUT2D eigenvalue weighted by Gasteiger charge is 2.26. The largest absolute Gasteiger partial charge is 0.306 e. The topological polar surface area (TPSA) is 12.0 Å². The molecule has 0 radical (unpaired) electrons. The van der Waals surface area contributed by atoms with Gasteiger partial charge in [-0.25, -0.2) is 0 Å². The van der Waals surface area contributed by atoms with Crippen LogP contribution in [0.2, 0.25) is 0 Å². The molecule has 1 fully saturated rings. The molecule has 2 heterocycles. The second-order valence-electron chi connectivity index (χ2n) is 5.50. The van der Waals surface area contributed by atoms with Crippen LogP contribution in [0.5, 0.6) is 0 Å². The summed E-state index contributed by atoms with van der Waals surface area (Å²) in [4.78, 5) is 2.95. The summed E-state index contributed by atoms with van der Waals surface area (Å²) in [5.41, 5.74) is 0. The first-order chi connectivity index (χ1) is 9.33. The van der Waals surface area contributed by atoms with Gasteiger partial charge in [0.2, 0.25) is 0 Å². The van der Waals surface area contributed by atoms with Crippen molar-refractivity contribution in [3.8, 4) is 0 Å². The predicted molar refractivity (Wildman–Crippen MR) is 85.0 cm³/mol. The van der Waals surface area contributed by atoms with Gasteiger partial charge in [-0.1, -0.05) is 18.6 Å². The molecule has 3 heteroatoms. The average Bonchev–Trinajstić information content (AvgIpc) is 2.98. The van der Waals surface area contributed by atoms with E-state index < -0.39 is 0 Å². The molecule has 1 aliphatic rings. The molecule has 0 aromatic carbocycles. The Labute approximate surface area is 123 Å². The number of rotatable bonds is 6. The molecule has 0 aliphatic heterocycles. The van der Waals surface area contributed by atoms with Crippen LogP contribution >= 0.6 is 22.7 Å².